The lowest BCUT2D eigenvalue weighted by Crippen LogP contribution is -2.16. The van der Waals surface area contributed by atoms with Crippen molar-refractivity contribution in [2.45, 2.75) is 45.8 Å². The van der Waals surface area contributed by atoms with Gasteiger partial charge in [0, 0.05) is 13.6 Å². The Kier molecular flexibility index (Phi) is 7.35. The van der Waals surface area contributed by atoms with E-state index in [1.807, 2.05) is 50.1 Å². The SMILES string of the molecule is CCN(C)C=Nc1cc(C)c(NS(=O)(=O)Cc2ccc(C(C)(C)C)cc2)cc1Cl. The van der Waals surface area contributed by atoms with Gasteiger partial charge in [0.25, 0.3) is 0 Å². The largest absolute Gasteiger partial charge is 0.366 e. The number of nitrogens with zero attached hydrogens (tertiary/aromatic N) is 2. The van der Waals surface area contributed by atoms with E-state index in [0.717, 1.165) is 17.7 Å². The van der Waals surface area contributed by atoms with Crippen molar-refractivity contribution in [2.75, 3.05) is 18.3 Å². The first-order valence-corrected chi connectivity index (χ1v) is 11.6. The number of halogens is 1. The lowest BCUT2D eigenvalue weighted by molar-refractivity contribution is 0.552. The number of nitrogens with one attached hydrogen (secondary N) is 1. The molecule has 0 saturated carbocycles. The summed E-state index contributed by atoms with van der Waals surface area (Å²) in [5, 5.41) is 0.392. The van der Waals surface area contributed by atoms with Crippen molar-refractivity contribution in [1.82, 2.24) is 4.90 Å². The average Bonchev–Trinajstić information content (AvgIpc) is 2.62. The van der Waals surface area contributed by atoms with Gasteiger partial charge >= 0.3 is 0 Å². The minimum absolute atomic E-state index is 0.0275. The fourth-order valence-electron chi connectivity index (χ4n) is 2.64. The van der Waals surface area contributed by atoms with Crippen molar-refractivity contribution in [3.8, 4) is 0 Å². The Bertz CT molecular complexity index is 978. The summed E-state index contributed by atoms with van der Waals surface area (Å²) in [6, 6.07) is 11.1. The number of hydrogen-bond acceptors (Lipinski definition) is 3. The van der Waals surface area contributed by atoms with E-state index < -0.39 is 10.0 Å². The summed E-state index contributed by atoms with van der Waals surface area (Å²) in [5.74, 6) is -0.102. The number of anilines is 1. The summed E-state index contributed by atoms with van der Waals surface area (Å²) in [6.07, 6.45) is 1.70. The van der Waals surface area contributed by atoms with Gasteiger partial charge in [-0.15, -0.1) is 0 Å². The first-order valence-electron chi connectivity index (χ1n) is 9.56. The topological polar surface area (TPSA) is 61.8 Å². The highest BCUT2D eigenvalue weighted by Gasteiger charge is 2.17. The smallest absolute Gasteiger partial charge is 0.236 e. The minimum Gasteiger partial charge on any atom is -0.366 e. The molecule has 2 rings (SSSR count). The molecule has 1 N–H and O–H groups in total. The summed E-state index contributed by atoms with van der Waals surface area (Å²) < 4.78 is 28.0. The molecule has 0 bridgehead atoms. The highest BCUT2D eigenvalue weighted by molar-refractivity contribution is 7.91. The van der Waals surface area contributed by atoms with E-state index >= 15 is 0 Å². The molecule has 0 aromatic heterocycles. The fraction of sp³-hybridized carbons (Fsp3) is 0.409. The van der Waals surface area contributed by atoms with Gasteiger partial charge in [-0.05, 0) is 48.1 Å². The van der Waals surface area contributed by atoms with Crippen LogP contribution in [0.15, 0.2) is 41.4 Å². The maximum Gasteiger partial charge on any atom is 0.236 e. The van der Waals surface area contributed by atoms with Crippen molar-refractivity contribution in [3.05, 3.63) is 58.1 Å². The third kappa shape index (κ3) is 6.75. The normalized spacial score (nSPS) is 12.4. The van der Waals surface area contributed by atoms with Crippen LogP contribution < -0.4 is 4.72 Å². The third-order valence-corrected chi connectivity index (χ3v) is 6.18. The molecule has 0 atom stereocenters. The Balaban J connectivity index is 2.17. The molecule has 0 aliphatic heterocycles. The second-order valence-electron chi connectivity index (χ2n) is 8.24. The Labute approximate surface area is 179 Å². The number of aliphatic imine (C=N–C) groups is 1. The van der Waals surface area contributed by atoms with E-state index in [9.17, 15) is 8.42 Å². The summed E-state index contributed by atoms with van der Waals surface area (Å²) in [7, 11) is -1.66. The number of rotatable bonds is 7. The van der Waals surface area contributed by atoms with Gasteiger partial charge in [-0.25, -0.2) is 13.4 Å². The van der Waals surface area contributed by atoms with Crippen molar-refractivity contribution in [1.29, 1.82) is 0 Å². The van der Waals surface area contributed by atoms with Crippen molar-refractivity contribution < 1.29 is 8.42 Å². The van der Waals surface area contributed by atoms with Gasteiger partial charge in [-0.3, -0.25) is 4.72 Å². The Hall–Kier alpha value is -2.05. The Morgan fingerprint density at radius 1 is 1.17 bits per heavy atom. The van der Waals surface area contributed by atoms with Gasteiger partial charge in [0.2, 0.25) is 10.0 Å². The van der Waals surface area contributed by atoms with Crippen LogP contribution in [0.5, 0.6) is 0 Å². The zero-order valence-corrected chi connectivity index (χ0v) is 19.5. The fourth-order valence-corrected chi connectivity index (χ4v) is 4.11. The van der Waals surface area contributed by atoms with Crippen LogP contribution in [0.25, 0.3) is 0 Å². The molecule has 0 amide bonds. The second kappa shape index (κ2) is 9.18. The van der Waals surface area contributed by atoms with Crippen molar-refractivity contribution in [3.63, 3.8) is 0 Å². The van der Waals surface area contributed by atoms with Crippen LogP contribution in [-0.2, 0) is 21.2 Å². The Morgan fingerprint density at radius 2 is 1.79 bits per heavy atom. The van der Waals surface area contributed by atoms with Gasteiger partial charge in [0.05, 0.1) is 28.5 Å². The molecule has 2 aromatic rings. The molecule has 7 heteroatoms. The molecule has 0 radical (unpaired) electrons. The minimum atomic E-state index is -3.57. The molecule has 0 heterocycles. The number of aryl methyl sites for hydroxylation is 1. The number of sulfonamides is 1. The average molecular weight is 436 g/mol. The maximum atomic E-state index is 12.7. The molecule has 0 spiro atoms. The van der Waals surface area contributed by atoms with Crippen LogP contribution in [0.1, 0.15) is 44.4 Å². The van der Waals surface area contributed by atoms with Crippen LogP contribution in [0.2, 0.25) is 5.02 Å². The first kappa shape index (κ1) is 23.2. The van der Waals surface area contributed by atoms with Crippen LogP contribution in [0.3, 0.4) is 0 Å². The molecule has 0 aliphatic carbocycles. The molecular formula is C22H30ClN3O2S. The van der Waals surface area contributed by atoms with E-state index in [-0.39, 0.29) is 11.2 Å². The number of benzene rings is 2. The molecular weight excluding hydrogens is 406 g/mol. The Morgan fingerprint density at radius 3 is 2.34 bits per heavy atom. The van der Waals surface area contributed by atoms with Crippen molar-refractivity contribution in [2.24, 2.45) is 4.99 Å². The van der Waals surface area contributed by atoms with Gasteiger partial charge in [-0.2, -0.15) is 0 Å². The molecule has 158 valence electrons. The van der Waals surface area contributed by atoms with E-state index in [2.05, 4.69) is 30.5 Å². The predicted molar refractivity (Wildman–Crippen MR) is 124 cm³/mol. The quantitative estimate of drug-likeness (QED) is 0.461. The molecule has 5 nitrogen and oxygen atoms in total. The molecule has 0 saturated heterocycles. The summed E-state index contributed by atoms with van der Waals surface area (Å²) in [6.45, 7) is 11.1. The van der Waals surface area contributed by atoms with Crippen LogP contribution in [0, 0.1) is 6.92 Å². The lowest BCUT2D eigenvalue weighted by Gasteiger charge is -2.19. The number of hydrogen-bond donors (Lipinski definition) is 1. The van der Waals surface area contributed by atoms with E-state index in [1.165, 1.54) is 5.56 Å². The van der Waals surface area contributed by atoms with Crippen LogP contribution in [0.4, 0.5) is 11.4 Å². The highest BCUT2D eigenvalue weighted by Crippen LogP contribution is 2.32. The molecule has 0 unspecified atom stereocenters. The zero-order valence-electron chi connectivity index (χ0n) is 18.0. The van der Waals surface area contributed by atoms with Gasteiger partial charge in [0.1, 0.15) is 0 Å². The van der Waals surface area contributed by atoms with Gasteiger partial charge < -0.3 is 4.90 Å². The van der Waals surface area contributed by atoms with E-state index in [1.54, 1.807) is 18.5 Å². The summed E-state index contributed by atoms with van der Waals surface area (Å²) >= 11 is 6.31. The van der Waals surface area contributed by atoms with Gasteiger partial charge in [-0.1, -0.05) is 56.6 Å². The highest BCUT2D eigenvalue weighted by atomic mass is 35.5. The first-order chi connectivity index (χ1) is 13.4. The molecule has 0 fully saturated rings. The van der Waals surface area contributed by atoms with Gasteiger partial charge in [0.15, 0.2) is 0 Å². The molecule has 29 heavy (non-hydrogen) atoms. The van der Waals surface area contributed by atoms with E-state index in [4.69, 9.17) is 11.6 Å². The standard InChI is InChI=1S/C22H30ClN3O2S/c1-7-26(6)15-24-21-12-16(2)20(13-19(21)23)25-29(27,28)14-17-8-10-18(11-9-17)22(3,4)5/h8-13,15,25H,7,14H2,1-6H3. The lowest BCUT2D eigenvalue weighted by atomic mass is 9.87. The van der Waals surface area contributed by atoms with Crippen LogP contribution >= 0.6 is 11.6 Å². The summed E-state index contributed by atoms with van der Waals surface area (Å²) in [4.78, 5) is 6.29. The third-order valence-electron chi connectivity index (χ3n) is 4.63. The molecule has 0 aliphatic rings. The van der Waals surface area contributed by atoms with E-state index in [0.29, 0.717) is 16.4 Å². The second-order valence-corrected chi connectivity index (χ2v) is 10.4. The maximum absolute atomic E-state index is 12.7. The summed E-state index contributed by atoms with van der Waals surface area (Å²) in [5.41, 5.74) is 3.75. The van der Waals surface area contributed by atoms with Crippen LogP contribution in [-0.4, -0.2) is 33.2 Å². The predicted octanol–water partition coefficient (Wildman–Crippen LogP) is 5.50. The molecule has 2 aromatic carbocycles. The van der Waals surface area contributed by atoms with Crippen molar-refractivity contribution >= 4 is 39.3 Å². The monoisotopic (exact) mass is 435 g/mol. The zero-order chi connectivity index (χ0) is 21.8.